The number of halogens is 3. The molecular weight excluding hydrogens is 436 g/mol. The molecule has 30 heavy (non-hydrogen) atoms. The summed E-state index contributed by atoms with van der Waals surface area (Å²) in [6, 6.07) is 10.8. The number of amides is 1. The van der Waals surface area contributed by atoms with Gasteiger partial charge in [0.2, 0.25) is 5.88 Å². The molecule has 0 aliphatic rings. The Kier molecular flexibility index (Phi) is 6.59. The van der Waals surface area contributed by atoms with Crippen molar-refractivity contribution in [1.82, 2.24) is 15.1 Å². The highest BCUT2D eigenvalue weighted by Gasteiger charge is 2.24. The number of methoxy groups -OCH3 is 1. The lowest BCUT2D eigenvalue weighted by molar-refractivity contribution is -0.137. The molecule has 0 fully saturated rings. The molecule has 2 N–H and O–H groups in total. The molecular formula is C20H16Cl2FN3O4. The Labute approximate surface area is 181 Å². The van der Waals surface area contributed by atoms with Crippen molar-refractivity contribution in [3.63, 3.8) is 0 Å². The molecule has 7 nitrogen and oxygen atoms in total. The van der Waals surface area contributed by atoms with Gasteiger partial charge in [0.15, 0.2) is 5.69 Å². The van der Waals surface area contributed by atoms with Crippen LogP contribution in [0.4, 0.5) is 4.39 Å². The summed E-state index contributed by atoms with van der Waals surface area (Å²) in [4.78, 5) is 24.1. The van der Waals surface area contributed by atoms with Gasteiger partial charge in [0.1, 0.15) is 11.5 Å². The number of carbonyl (C=O) groups excluding carboxylic acids is 1. The van der Waals surface area contributed by atoms with E-state index in [0.29, 0.717) is 10.6 Å². The van der Waals surface area contributed by atoms with E-state index in [2.05, 4.69) is 10.4 Å². The van der Waals surface area contributed by atoms with Gasteiger partial charge in [-0.15, -0.1) is 0 Å². The predicted molar refractivity (Wildman–Crippen MR) is 109 cm³/mol. The standard InChI is InChI=1S/C20H16Cl2FN3O4/c1-30-18-9-16(25-26(18)17-5-3-2-4-14(17)23)20(29)24-15(10-19(27)28)12-8-11(21)6-7-13(12)22/h2-9,15H,10H2,1H3,(H,24,29)(H,27,28). The van der Waals surface area contributed by atoms with Crippen molar-refractivity contribution in [3.8, 4) is 11.6 Å². The Balaban J connectivity index is 1.94. The molecule has 0 saturated carbocycles. The van der Waals surface area contributed by atoms with Crippen LogP contribution in [0.15, 0.2) is 48.5 Å². The van der Waals surface area contributed by atoms with Crippen LogP contribution in [0.5, 0.6) is 5.88 Å². The Hall–Kier alpha value is -3.10. The van der Waals surface area contributed by atoms with Crippen molar-refractivity contribution in [2.45, 2.75) is 12.5 Å². The Morgan fingerprint density at radius 1 is 1.23 bits per heavy atom. The summed E-state index contributed by atoms with van der Waals surface area (Å²) in [5, 5.41) is 16.5. The first-order valence-corrected chi connectivity index (χ1v) is 9.42. The van der Waals surface area contributed by atoms with Crippen molar-refractivity contribution in [2.24, 2.45) is 0 Å². The molecule has 0 spiro atoms. The van der Waals surface area contributed by atoms with Crippen LogP contribution in [0.3, 0.4) is 0 Å². The molecule has 0 aliphatic heterocycles. The molecule has 3 aromatic rings. The van der Waals surface area contributed by atoms with Crippen molar-refractivity contribution in [1.29, 1.82) is 0 Å². The zero-order valence-electron chi connectivity index (χ0n) is 15.6. The van der Waals surface area contributed by atoms with E-state index in [1.54, 1.807) is 12.1 Å². The van der Waals surface area contributed by atoms with Crippen molar-refractivity contribution < 1.29 is 23.8 Å². The molecule has 0 saturated heterocycles. The number of carboxylic acids is 1. The molecule has 1 heterocycles. The fraction of sp³-hybridized carbons (Fsp3) is 0.150. The van der Waals surface area contributed by atoms with Crippen molar-refractivity contribution in [2.75, 3.05) is 7.11 Å². The highest BCUT2D eigenvalue weighted by Crippen LogP contribution is 2.29. The highest BCUT2D eigenvalue weighted by atomic mass is 35.5. The van der Waals surface area contributed by atoms with E-state index in [-0.39, 0.29) is 22.3 Å². The molecule has 1 amide bonds. The number of benzene rings is 2. The second-order valence-electron chi connectivity index (χ2n) is 6.22. The van der Waals surface area contributed by atoms with Gasteiger partial charge in [-0.25, -0.2) is 4.39 Å². The average Bonchev–Trinajstić information content (AvgIpc) is 3.13. The normalized spacial score (nSPS) is 11.7. The highest BCUT2D eigenvalue weighted by molar-refractivity contribution is 6.33. The number of aliphatic carboxylic acids is 1. The molecule has 1 unspecified atom stereocenters. The van der Waals surface area contributed by atoms with Crippen LogP contribution in [0, 0.1) is 5.82 Å². The van der Waals surface area contributed by atoms with Crippen LogP contribution < -0.4 is 10.1 Å². The molecule has 0 aliphatic carbocycles. The van der Waals surface area contributed by atoms with E-state index < -0.39 is 30.2 Å². The fourth-order valence-electron chi connectivity index (χ4n) is 2.84. The van der Waals surface area contributed by atoms with Crippen LogP contribution in [0.2, 0.25) is 10.0 Å². The number of nitrogens with zero attached hydrogens (tertiary/aromatic N) is 2. The molecule has 10 heteroatoms. The minimum Gasteiger partial charge on any atom is -0.481 e. The summed E-state index contributed by atoms with van der Waals surface area (Å²) >= 11 is 12.2. The van der Waals surface area contributed by atoms with Crippen LogP contribution >= 0.6 is 23.2 Å². The van der Waals surface area contributed by atoms with Gasteiger partial charge in [-0.2, -0.15) is 9.78 Å². The number of carboxylic acid groups (broad SMARTS) is 1. The molecule has 3 rings (SSSR count). The van der Waals surface area contributed by atoms with Gasteiger partial charge in [0, 0.05) is 16.1 Å². The lowest BCUT2D eigenvalue weighted by atomic mass is 10.0. The van der Waals surface area contributed by atoms with Crippen LogP contribution in [0.1, 0.15) is 28.5 Å². The van der Waals surface area contributed by atoms with E-state index in [4.69, 9.17) is 27.9 Å². The zero-order chi connectivity index (χ0) is 21.8. The molecule has 0 bridgehead atoms. The van der Waals surface area contributed by atoms with Gasteiger partial charge in [-0.3, -0.25) is 9.59 Å². The maximum atomic E-state index is 14.1. The Morgan fingerprint density at radius 3 is 2.63 bits per heavy atom. The minimum absolute atomic E-state index is 0.0911. The maximum Gasteiger partial charge on any atom is 0.305 e. The van der Waals surface area contributed by atoms with Gasteiger partial charge in [-0.05, 0) is 35.9 Å². The number of rotatable bonds is 7. The summed E-state index contributed by atoms with van der Waals surface area (Å²) in [6.45, 7) is 0. The number of ether oxygens (including phenoxy) is 1. The second-order valence-corrected chi connectivity index (χ2v) is 7.07. The Bertz CT molecular complexity index is 1100. The van der Waals surface area contributed by atoms with Gasteiger partial charge in [0.25, 0.3) is 5.91 Å². The van der Waals surface area contributed by atoms with E-state index in [9.17, 15) is 19.1 Å². The summed E-state index contributed by atoms with van der Waals surface area (Å²) in [5.74, 6) is -2.27. The summed E-state index contributed by atoms with van der Waals surface area (Å²) in [5.41, 5.74) is 0.345. The van der Waals surface area contributed by atoms with E-state index in [0.717, 1.165) is 4.68 Å². The maximum absolute atomic E-state index is 14.1. The molecule has 0 radical (unpaired) electrons. The summed E-state index contributed by atoms with van der Waals surface area (Å²) in [7, 11) is 1.36. The summed E-state index contributed by atoms with van der Waals surface area (Å²) < 4.78 is 20.5. The molecule has 156 valence electrons. The first-order valence-electron chi connectivity index (χ1n) is 8.66. The molecule has 1 atom stereocenters. The topological polar surface area (TPSA) is 93.4 Å². The minimum atomic E-state index is -1.15. The second kappa shape index (κ2) is 9.15. The molecule has 2 aromatic carbocycles. The zero-order valence-corrected chi connectivity index (χ0v) is 17.1. The largest absolute Gasteiger partial charge is 0.481 e. The third-order valence-electron chi connectivity index (χ3n) is 4.22. The SMILES string of the molecule is COc1cc(C(=O)NC(CC(=O)O)c2cc(Cl)ccc2Cl)nn1-c1ccccc1F. The number of aromatic nitrogens is 2. The van der Waals surface area contributed by atoms with Gasteiger partial charge >= 0.3 is 5.97 Å². The lowest BCUT2D eigenvalue weighted by Gasteiger charge is -2.18. The number of nitrogens with one attached hydrogen (secondary N) is 1. The van der Waals surface area contributed by atoms with Crippen LogP contribution in [-0.2, 0) is 4.79 Å². The van der Waals surface area contributed by atoms with Gasteiger partial charge in [0.05, 0.1) is 19.6 Å². The number of hydrogen-bond acceptors (Lipinski definition) is 4. The fourth-order valence-corrected chi connectivity index (χ4v) is 3.27. The quantitative estimate of drug-likeness (QED) is 0.559. The predicted octanol–water partition coefficient (Wildman–Crippen LogP) is 4.27. The monoisotopic (exact) mass is 451 g/mol. The van der Waals surface area contributed by atoms with E-state index >= 15 is 0 Å². The van der Waals surface area contributed by atoms with Gasteiger partial charge < -0.3 is 15.2 Å². The smallest absolute Gasteiger partial charge is 0.305 e. The molecule has 1 aromatic heterocycles. The number of carbonyl (C=O) groups is 2. The summed E-state index contributed by atoms with van der Waals surface area (Å²) in [6.07, 6.45) is -0.434. The average molecular weight is 452 g/mol. The first kappa shape index (κ1) is 21.6. The first-order chi connectivity index (χ1) is 14.3. The van der Waals surface area contributed by atoms with E-state index in [1.807, 2.05) is 0 Å². The van der Waals surface area contributed by atoms with Crippen molar-refractivity contribution >= 4 is 35.1 Å². The van der Waals surface area contributed by atoms with Gasteiger partial charge in [-0.1, -0.05) is 35.3 Å². The van der Waals surface area contributed by atoms with Crippen LogP contribution in [0.25, 0.3) is 5.69 Å². The van der Waals surface area contributed by atoms with Crippen molar-refractivity contribution in [3.05, 3.63) is 75.7 Å². The third-order valence-corrected chi connectivity index (χ3v) is 4.80. The number of para-hydroxylation sites is 1. The Morgan fingerprint density at radius 2 is 1.97 bits per heavy atom. The third kappa shape index (κ3) is 4.72. The van der Waals surface area contributed by atoms with Crippen LogP contribution in [-0.4, -0.2) is 33.9 Å². The van der Waals surface area contributed by atoms with E-state index in [1.165, 1.54) is 43.5 Å². The number of hydrogen-bond donors (Lipinski definition) is 2. The lowest BCUT2D eigenvalue weighted by Crippen LogP contribution is -2.30.